The third-order valence-corrected chi connectivity index (χ3v) is 3.94. The monoisotopic (exact) mass is 293 g/mol. The second-order valence-corrected chi connectivity index (χ2v) is 6.09. The molecule has 1 aromatic carbocycles. The first-order chi connectivity index (χ1) is 9.96. The van der Waals surface area contributed by atoms with Gasteiger partial charge in [0, 0.05) is 23.8 Å². The van der Waals surface area contributed by atoms with Crippen molar-refractivity contribution in [3.63, 3.8) is 0 Å². The molecule has 0 aromatic heterocycles. The van der Waals surface area contributed by atoms with Gasteiger partial charge in [0.1, 0.15) is 5.75 Å². The van der Waals surface area contributed by atoms with Crippen molar-refractivity contribution in [1.82, 2.24) is 0 Å². The minimum absolute atomic E-state index is 0.483. The fourth-order valence-corrected chi connectivity index (χ4v) is 2.95. The zero-order valence-electron chi connectivity index (χ0n) is 14.4. The van der Waals surface area contributed by atoms with Crippen molar-refractivity contribution in [3.05, 3.63) is 23.8 Å². The van der Waals surface area contributed by atoms with Crippen LogP contribution >= 0.6 is 0 Å². The Labute approximate surface area is 129 Å². The van der Waals surface area contributed by atoms with E-state index in [2.05, 4.69) is 38.7 Å². The summed E-state index contributed by atoms with van der Waals surface area (Å²) in [6, 6.07) is 6.52. The third-order valence-electron chi connectivity index (χ3n) is 3.94. The van der Waals surface area contributed by atoms with Crippen LogP contribution in [0.5, 0.6) is 5.75 Å². The van der Waals surface area contributed by atoms with E-state index in [0.29, 0.717) is 12.0 Å². The van der Waals surface area contributed by atoms with Gasteiger partial charge in [0.25, 0.3) is 0 Å². The fourth-order valence-electron chi connectivity index (χ4n) is 2.95. The van der Waals surface area contributed by atoms with Crippen LogP contribution in [-0.4, -0.2) is 24.8 Å². The van der Waals surface area contributed by atoms with Gasteiger partial charge in [0.2, 0.25) is 0 Å². The van der Waals surface area contributed by atoms with E-state index in [1.165, 1.54) is 0 Å². The van der Waals surface area contributed by atoms with Crippen LogP contribution < -0.4 is 9.64 Å². The van der Waals surface area contributed by atoms with Crippen molar-refractivity contribution in [1.29, 1.82) is 0 Å². The number of anilines is 1. The summed E-state index contributed by atoms with van der Waals surface area (Å²) in [7, 11) is 1.66. The van der Waals surface area contributed by atoms with E-state index in [0.717, 1.165) is 36.4 Å². The number of hydrogen-bond donors (Lipinski definition) is 1. The van der Waals surface area contributed by atoms with Gasteiger partial charge in [-0.2, -0.15) is 0 Å². The lowest BCUT2D eigenvalue weighted by molar-refractivity contribution is 0.194. The average molecular weight is 293 g/mol. The lowest BCUT2D eigenvalue weighted by Crippen LogP contribution is -2.38. The first kappa shape index (κ1) is 17.8. The molecule has 0 aliphatic rings. The Kier molecular flexibility index (Phi) is 7.03. The zero-order chi connectivity index (χ0) is 16.0. The Morgan fingerprint density at radius 2 is 1.76 bits per heavy atom. The molecule has 1 atom stereocenters. The van der Waals surface area contributed by atoms with E-state index in [4.69, 9.17) is 4.74 Å². The van der Waals surface area contributed by atoms with Gasteiger partial charge in [0.05, 0.1) is 13.2 Å². The van der Waals surface area contributed by atoms with Crippen LogP contribution in [0.4, 0.5) is 5.69 Å². The van der Waals surface area contributed by atoms with Crippen LogP contribution in [0.3, 0.4) is 0 Å². The highest BCUT2D eigenvalue weighted by Crippen LogP contribution is 2.36. The number of nitrogens with zero attached hydrogens (tertiary/aromatic N) is 1. The summed E-state index contributed by atoms with van der Waals surface area (Å²) < 4.78 is 5.46. The fraction of sp³-hybridized carbons (Fsp3) is 0.667. The molecular weight excluding hydrogens is 262 g/mol. The van der Waals surface area contributed by atoms with E-state index < -0.39 is 6.10 Å². The molecule has 0 spiro atoms. The first-order valence-corrected chi connectivity index (χ1v) is 8.07. The number of ether oxygens (including phenoxy) is 1. The Morgan fingerprint density at radius 1 is 1.14 bits per heavy atom. The van der Waals surface area contributed by atoms with Crippen molar-refractivity contribution < 1.29 is 9.84 Å². The Morgan fingerprint density at radius 3 is 2.19 bits per heavy atom. The second kappa shape index (κ2) is 8.28. The molecule has 0 saturated carbocycles. The lowest BCUT2D eigenvalue weighted by Gasteiger charge is -2.36. The summed E-state index contributed by atoms with van der Waals surface area (Å²) in [4.78, 5) is 2.44. The third kappa shape index (κ3) is 4.37. The van der Waals surface area contributed by atoms with Crippen LogP contribution in [0.1, 0.15) is 59.1 Å². The molecule has 0 radical (unpaired) electrons. The van der Waals surface area contributed by atoms with E-state index in [1.54, 1.807) is 7.11 Å². The molecule has 0 fully saturated rings. The maximum atomic E-state index is 10.2. The van der Waals surface area contributed by atoms with Gasteiger partial charge in [-0.15, -0.1) is 0 Å². The van der Waals surface area contributed by atoms with E-state index in [1.807, 2.05) is 19.1 Å². The summed E-state index contributed by atoms with van der Waals surface area (Å²) >= 11 is 0. The van der Waals surface area contributed by atoms with Gasteiger partial charge in [-0.25, -0.2) is 0 Å². The maximum absolute atomic E-state index is 10.2. The van der Waals surface area contributed by atoms with Crippen LogP contribution in [-0.2, 0) is 0 Å². The molecule has 1 aromatic rings. The Hall–Kier alpha value is -1.22. The van der Waals surface area contributed by atoms with Gasteiger partial charge < -0.3 is 14.7 Å². The molecule has 0 aliphatic carbocycles. The highest BCUT2D eigenvalue weighted by molar-refractivity contribution is 5.61. The number of benzene rings is 1. The van der Waals surface area contributed by atoms with Crippen molar-refractivity contribution in [2.75, 3.05) is 18.6 Å². The number of hydrogen-bond acceptors (Lipinski definition) is 3. The second-order valence-electron chi connectivity index (χ2n) is 6.09. The van der Waals surface area contributed by atoms with Gasteiger partial charge in [-0.1, -0.05) is 33.8 Å². The SMILES string of the molecule is CCC(CC)N(CC(C)C)c1cccc(OC)c1[C@@H](C)O. The standard InChI is InChI=1S/C18H31NO2/c1-7-15(8-2)19(12-13(3)4)16-10-9-11-17(21-6)18(16)14(5)20/h9-11,13-15,20H,7-8,12H2,1-6H3/t14-/m1/s1. The number of aliphatic hydroxyl groups excluding tert-OH is 1. The van der Waals surface area contributed by atoms with E-state index >= 15 is 0 Å². The molecule has 1 rings (SSSR count). The number of aliphatic hydroxyl groups is 1. The molecule has 0 bridgehead atoms. The van der Waals surface area contributed by atoms with E-state index in [9.17, 15) is 5.11 Å². The molecule has 0 heterocycles. The largest absolute Gasteiger partial charge is 0.496 e. The molecule has 3 heteroatoms. The van der Waals surface area contributed by atoms with Crippen LogP contribution in [0.2, 0.25) is 0 Å². The van der Waals surface area contributed by atoms with Gasteiger partial charge in [-0.05, 0) is 37.8 Å². The van der Waals surface area contributed by atoms with E-state index in [-0.39, 0.29) is 0 Å². The summed E-state index contributed by atoms with van der Waals surface area (Å²) in [6.45, 7) is 11.7. The smallest absolute Gasteiger partial charge is 0.126 e. The van der Waals surface area contributed by atoms with Crippen LogP contribution in [0.25, 0.3) is 0 Å². The normalized spacial score (nSPS) is 12.8. The van der Waals surface area contributed by atoms with Gasteiger partial charge >= 0.3 is 0 Å². The zero-order valence-corrected chi connectivity index (χ0v) is 14.4. The predicted octanol–water partition coefficient (Wildman–Crippen LogP) is 4.40. The highest BCUT2D eigenvalue weighted by Gasteiger charge is 2.23. The maximum Gasteiger partial charge on any atom is 0.126 e. The minimum Gasteiger partial charge on any atom is -0.496 e. The number of rotatable bonds is 8. The quantitative estimate of drug-likeness (QED) is 0.771. The van der Waals surface area contributed by atoms with Crippen molar-refractivity contribution in [2.45, 2.75) is 59.6 Å². The Bertz CT molecular complexity index is 425. The van der Waals surface area contributed by atoms with Crippen LogP contribution in [0.15, 0.2) is 18.2 Å². The molecule has 120 valence electrons. The first-order valence-electron chi connectivity index (χ1n) is 8.07. The molecule has 1 N–H and O–H groups in total. The van der Waals surface area contributed by atoms with Crippen LogP contribution in [0, 0.1) is 5.92 Å². The van der Waals surface area contributed by atoms with Crippen molar-refractivity contribution in [3.8, 4) is 5.75 Å². The molecular formula is C18H31NO2. The molecule has 0 unspecified atom stereocenters. The molecule has 0 saturated heterocycles. The summed E-state index contributed by atoms with van der Waals surface area (Å²) in [5, 5.41) is 10.2. The lowest BCUT2D eigenvalue weighted by atomic mass is 10.0. The molecule has 21 heavy (non-hydrogen) atoms. The molecule has 0 aliphatic heterocycles. The summed E-state index contributed by atoms with van der Waals surface area (Å²) in [5.41, 5.74) is 2.00. The average Bonchev–Trinajstić information content (AvgIpc) is 2.46. The van der Waals surface area contributed by atoms with Crippen molar-refractivity contribution >= 4 is 5.69 Å². The van der Waals surface area contributed by atoms with Gasteiger partial charge in [0.15, 0.2) is 0 Å². The minimum atomic E-state index is -0.542. The number of methoxy groups -OCH3 is 1. The predicted molar refractivity (Wildman–Crippen MR) is 90.2 cm³/mol. The molecule has 0 amide bonds. The van der Waals surface area contributed by atoms with Crippen molar-refractivity contribution in [2.24, 2.45) is 5.92 Å². The summed E-state index contributed by atoms with van der Waals surface area (Å²) in [6.07, 6.45) is 1.65. The molecule has 3 nitrogen and oxygen atoms in total. The highest BCUT2D eigenvalue weighted by atomic mass is 16.5. The summed E-state index contributed by atoms with van der Waals surface area (Å²) in [5.74, 6) is 1.33. The van der Waals surface area contributed by atoms with Gasteiger partial charge in [-0.3, -0.25) is 0 Å². The Balaban J connectivity index is 3.35. The topological polar surface area (TPSA) is 32.7 Å².